The van der Waals surface area contributed by atoms with Crippen molar-refractivity contribution in [3.8, 4) is 17.2 Å². The van der Waals surface area contributed by atoms with E-state index in [2.05, 4.69) is 108 Å². The Hall–Kier alpha value is -5.70. The summed E-state index contributed by atoms with van der Waals surface area (Å²) in [5, 5.41) is 13.9. The molecule has 0 aliphatic rings. The van der Waals surface area contributed by atoms with Crippen LogP contribution in [0.4, 0.5) is 5.69 Å². The third kappa shape index (κ3) is 4.91. The van der Waals surface area contributed by atoms with Gasteiger partial charge in [-0.3, -0.25) is 0 Å². The van der Waals surface area contributed by atoms with Gasteiger partial charge in [-0.2, -0.15) is 5.26 Å². The van der Waals surface area contributed by atoms with Gasteiger partial charge in [0.05, 0.1) is 18.2 Å². The van der Waals surface area contributed by atoms with Crippen LogP contribution in [0.5, 0.6) is 0 Å². The summed E-state index contributed by atoms with van der Waals surface area (Å²) in [5.74, 6) is 0. The van der Waals surface area contributed by atoms with Crippen molar-refractivity contribution in [1.82, 2.24) is 0 Å². The summed E-state index contributed by atoms with van der Waals surface area (Å²) in [6.07, 6.45) is 8.48. The van der Waals surface area contributed by atoms with E-state index < -0.39 is 0 Å². The summed E-state index contributed by atoms with van der Waals surface area (Å²) < 4.78 is 0. The molecule has 2 heteroatoms. The first kappa shape index (κ1) is 24.6. The Bertz CT molecular complexity index is 1850. The van der Waals surface area contributed by atoms with Crippen LogP contribution in [-0.4, -0.2) is 0 Å². The summed E-state index contributed by atoms with van der Waals surface area (Å²) in [6, 6.07) is 43.4. The second kappa shape index (κ2) is 11.0. The molecule has 0 saturated carbocycles. The number of nitrogens with zero attached hydrogens (tertiary/aromatic N) is 2. The molecular weight excluding hydrogens is 484 g/mol. The van der Waals surface area contributed by atoms with Crippen LogP contribution in [0.3, 0.4) is 0 Å². The van der Waals surface area contributed by atoms with Crippen molar-refractivity contribution in [2.45, 2.75) is 0 Å². The van der Waals surface area contributed by atoms with Gasteiger partial charge in [-0.1, -0.05) is 133 Å². The molecule has 0 bridgehead atoms. The molecule has 0 spiro atoms. The molecule has 0 aliphatic carbocycles. The number of hydrogen-bond donors (Lipinski definition) is 0. The van der Waals surface area contributed by atoms with Crippen LogP contribution < -0.4 is 0 Å². The first-order chi connectivity index (χ1) is 19.7. The van der Waals surface area contributed by atoms with Crippen LogP contribution in [0.2, 0.25) is 0 Å². The van der Waals surface area contributed by atoms with E-state index in [-0.39, 0.29) is 0 Å². The number of benzene rings is 6. The summed E-state index contributed by atoms with van der Waals surface area (Å²) in [4.78, 5) is 3.48. The zero-order valence-corrected chi connectivity index (χ0v) is 21.8. The van der Waals surface area contributed by atoms with Gasteiger partial charge in [-0.05, 0) is 67.1 Å². The molecule has 0 atom stereocenters. The molecule has 0 fully saturated rings. The maximum absolute atomic E-state index is 9.07. The van der Waals surface area contributed by atoms with Gasteiger partial charge >= 0.3 is 0 Å². The smallest absolute Gasteiger partial charge is 0.187 e. The summed E-state index contributed by atoms with van der Waals surface area (Å²) in [7, 11) is 0. The maximum Gasteiger partial charge on any atom is 0.187 e. The number of fused-ring (bicyclic) bond motifs is 2. The number of nitriles is 1. The first-order valence-electron chi connectivity index (χ1n) is 13.1. The van der Waals surface area contributed by atoms with Crippen molar-refractivity contribution in [1.29, 1.82) is 5.26 Å². The normalized spacial score (nSPS) is 11.2. The molecule has 0 aromatic heterocycles. The predicted octanol–water partition coefficient (Wildman–Crippen LogP) is 10.4. The SMILES string of the molecule is [C-]#[N+]c1ccc(/C=C/c2ccc(-c3ccc(/C=C/c4ccc(C#N)cc4)c4ccccc34)c3ccccc23)cc1. The molecule has 0 N–H and O–H groups in total. The third-order valence-corrected chi connectivity index (χ3v) is 7.18. The average Bonchev–Trinajstić information content (AvgIpc) is 3.03. The Morgan fingerprint density at radius 2 is 0.950 bits per heavy atom. The second-order valence-corrected chi connectivity index (χ2v) is 9.60. The summed E-state index contributed by atoms with van der Waals surface area (Å²) in [6.45, 7) is 7.16. The standard InChI is InChI=1S/C38H24N2/c1-40-32-22-16-28(17-23-32)15-19-31-21-25-38(36-9-5-3-7-34(31)36)37-24-20-30(33-6-2-4-8-35(33)37)18-14-27-10-12-29(26-39)13-11-27/h2-25H/b18-14+,19-15+. The van der Waals surface area contributed by atoms with Crippen LogP contribution in [0, 0.1) is 17.9 Å². The molecule has 6 aromatic carbocycles. The maximum atomic E-state index is 9.07. The Morgan fingerprint density at radius 1 is 0.500 bits per heavy atom. The lowest BCUT2D eigenvalue weighted by molar-refractivity contribution is 1.48. The van der Waals surface area contributed by atoms with Gasteiger partial charge in [-0.25, -0.2) is 4.85 Å². The molecule has 186 valence electrons. The van der Waals surface area contributed by atoms with Crippen LogP contribution in [0.15, 0.2) is 121 Å². The minimum absolute atomic E-state index is 0.648. The monoisotopic (exact) mass is 508 g/mol. The van der Waals surface area contributed by atoms with Crippen LogP contribution in [0.25, 0.3) is 61.8 Å². The van der Waals surface area contributed by atoms with E-state index in [4.69, 9.17) is 11.8 Å². The lowest BCUT2D eigenvalue weighted by atomic mass is 9.90. The first-order valence-corrected chi connectivity index (χ1v) is 13.1. The molecule has 0 unspecified atom stereocenters. The summed E-state index contributed by atoms with van der Waals surface area (Å²) >= 11 is 0. The minimum Gasteiger partial charge on any atom is -0.238 e. The molecule has 2 nitrogen and oxygen atoms in total. The van der Waals surface area contributed by atoms with Gasteiger partial charge in [0.2, 0.25) is 0 Å². The van der Waals surface area contributed by atoms with Gasteiger partial charge < -0.3 is 0 Å². The molecular formula is C38H24N2. The zero-order chi connectivity index (χ0) is 27.3. The quantitative estimate of drug-likeness (QED) is 0.168. The van der Waals surface area contributed by atoms with Gasteiger partial charge in [0.15, 0.2) is 5.69 Å². The Labute approximate surface area is 234 Å². The highest BCUT2D eigenvalue weighted by Crippen LogP contribution is 2.37. The van der Waals surface area contributed by atoms with Gasteiger partial charge in [0.1, 0.15) is 0 Å². The largest absolute Gasteiger partial charge is 0.238 e. The van der Waals surface area contributed by atoms with Gasteiger partial charge in [-0.15, -0.1) is 0 Å². The van der Waals surface area contributed by atoms with Crippen molar-refractivity contribution >= 4 is 51.5 Å². The van der Waals surface area contributed by atoms with E-state index >= 15 is 0 Å². The highest BCUT2D eigenvalue weighted by atomic mass is 14.6. The number of rotatable bonds is 5. The Balaban J connectivity index is 1.40. The van der Waals surface area contributed by atoms with E-state index in [1.807, 2.05) is 48.5 Å². The zero-order valence-electron chi connectivity index (χ0n) is 21.8. The molecule has 0 heterocycles. The highest BCUT2D eigenvalue weighted by molar-refractivity contribution is 6.09. The van der Waals surface area contributed by atoms with Gasteiger partial charge in [0.25, 0.3) is 0 Å². The van der Waals surface area contributed by atoms with E-state index in [0.717, 1.165) is 22.3 Å². The van der Waals surface area contributed by atoms with Crippen molar-refractivity contribution in [3.05, 3.63) is 161 Å². The van der Waals surface area contributed by atoms with E-state index in [0.29, 0.717) is 11.3 Å². The Kier molecular flexibility index (Phi) is 6.75. The topological polar surface area (TPSA) is 28.1 Å². The lowest BCUT2D eigenvalue weighted by Gasteiger charge is -2.14. The molecule has 6 aromatic rings. The Morgan fingerprint density at radius 3 is 1.40 bits per heavy atom. The molecule has 0 radical (unpaired) electrons. The fraction of sp³-hybridized carbons (Fsp3) is 0. The lowest BCUT2D eigenvalue weighted by Crippen LogP contribution is -1.88. The van der Waals surface area contributed by atoms with Crippen molar-refractivity contribution in [3.63, 3.8) is 0 Å². The molecule has 0 saturated heterocycles. The highest BCUT2D eigenvalue weighted by Gasteiger charge is 2.11. The van der Waals surface area contributed by atoms with E-state index in [9.17, 15) is 0 Å². The molecule has 40 heavy (non-hydrogen) atoms. The fourth-order valence-corrected chi connectivity index (χ4v) is 5.11. The van der Waals surface area contributed by atoms with E-state index in [1.54, 1.807) is 0 Å². The molecule has 0 aliphatic heterocycles. The molecule has 6 rings (SSSR count). The van der Waals surface area contributed by atoms with E-state index in [1.165, 1.54) is 32.7 Å². The van der Waals surface area contributed by atoms with Gasteiger partial charge in [0, 0.05) is 0 Å². The summed E-state index contributed by atoms with van der Waals surface area (Å²) in [5.41, 5.74) is 8.14. The van der Waals surface area contributed by atoms with Crippen molar-refractivity contribution in [2.24, 2.45) is 0 Å². The van der Waals surface area contributed by atoms with Crippen LogP contribution >= 0.6 is 0 Å². The fourth-order valence-electron chi connectivity index (χ4n) is 5.11. The third-order valence-electron chi connectivity index (χ3n) is 7.18. The number of hydrogen-bond acceptors (Lipinski definition) is 1. The van der Waals surface area contributed by atoms with Crippen molar-refractivity contribution in [2.75, 3.05) is 0 Å². The van der Waals surface area contributed by atoms with Crippen LogP contribution in [0.1, 0.15) is 27.8 Å². The predicted molar refractivity (Wildman–Crippen MR) is 169 cm³/mol. The van der Waals surface area contributed by atoms with Crippen LogP contribution in [-0.2, 0) is 0 Å². The average molecular weight is 509 g/mol. The second-order valence-electron chi connectivity index (χ2n) is 9.60. The minimum atomic E-state index is 0.648. The van der Waals surface area contributed by atoms with Crippen molar-refractivity contribution < 1.29 is 0 Å². The molecule has 0 amide bonds.